The number of aromatic carboxylic acids is 1. The number of carboxylic acids is 1. The van der Waals surface area contributed by atoms with E-state index in [9.17, 15) is 18.0 Å². The molecule has 8 heteroatoms. The molecule has 0 unspecified atom stereocenters. The van der Waals surface area contributed by atoms with Crippen LogP contribution in [-0.4, -0.2) is 11.1 Å². The van der Waals surface area contributed by atoms with E-state index in [1.807, 2.05) is 22.6 Å². The van der Waals surface area contributed by atoms with Crippen molar-refractivity contribution < 1.29 is 23.1 Å². The van der Waals surface area contributed by atoms with E-state index in [1.165, 1.54) is 6.07 Å². The molecule has 0 aromatic heterocycles. The second-order valence-corrected chi connectivity index (χ2v) is 5.62. The fraction of sp³-hybridized carbons (Fsp3) is 0. The first-order chi connectivity index (χ1) is 9.81. The first-order valence-electron chi connectivity index (χ1n) is 5.44. The van der Waals surface area contributed by atoms with Gasteiger partial charge in [-0.1, -0.05) is 11.6 Å². The van der Waals surface area contributed by atoms with Gasteiger partial charge < -0.3 is 10.4 Å². The van der Waals surface area contributed by atoms with Gasteiger partial charge in [0.1, 0.15) is 0 Å². The number of halogens is 5. The van der Waals surface area contributed by atoms with Gasteiger partial charge in [0.2, 0.25) is 0 Å². The van der Waals surface area contributed by atoms with Crippen molar-refractivity contribution in [3.8, 4) is 0 Å². The molecule has 0 aliphatic carbocycles. The highest BCUT2D eigenvalue weighted by molar-refractivity contribution is 14.1. The van der Waals surface area contributed by atoms with Crippen LogP contribution < -0.4 is 5.32 Å². The Hall–Kier alpha value is -1.48. The molecule has 0 saturated heterocycles. The Labute approximate surface area is 135 Å². The molecule has 21 heavy (non-hydrogen) atoms. The number of rotatable bonds is 3. The lowest BCUT2D eigenvalue weighted by molar-refractivity contribution is 0.0696. The summed E-state index contributed by atoms with van der Waals surface area (Å²) in [5.74, 6) is -6.56. The van der Waals surface area contributed by atoms with E-state index in [4.69, 9.17) is 16.7 Å². The second kappa shape index (κ2) is 6.10. The number of hydrogen-bond acceptors (Lipinski definition) is 2. The third kappa shape index (κ3) is 3.24. The van der Waals surface area contributed by atoms with E-state index in [-0.39, 0.29) is 10.7 Å². The topological polar surface area (TPSA) is 49.3 Å². The number of anilines is 2. The maximum Gasteiger partial charge on any atom is 0.338 e. The van der Waals surface area contributed by atoms with Crippen molar-refractivity contribution in [3.05, 3.63) is 55.9 Å². The second-order valence-electron chi connectivity index (χ2n) is 3.96. The molecule has 0 fully saturated rings. The van der Waals surface area contributed by atoms with Crippen molar-refractivity contribution in [1.82, 2.24) is 0 Å². The molecule has 2 N–H and O–H groups in total. The third-order valence-electron chi connectivity index (χ3n) is 2.58. The van der Waals surface area contributed by atoms with Crippen molar-refractivity contribution in [3.63, 3.8) is 0 Å². The highest BCUT2D eigenvalue weighted by Crippen LogP contribution is 2.32. The average Bonchev–Trinajstić information content (AvgIpc) is 2.41. The Kier molecular flexibility index (Phi) is 4.62. The van der Waals surface area contributed by atoms with Crippen molar-refractivity contribution in [1.29, 1.82) is 0 Å². The quantitative estimate of drug-likeness (QED) is 0.546. The van der Waals surface area contributed by atoms with Crippen molar-refractivity contribution in [2.45, 2.75) is 0 Å². The van der Waals surface area contributed by atoms with Gasteiger partial charge in [-0.2, -0.15) is 0 Å². The number of hydrogen-bond donors (Lipinski definition) is 2. The normalized spacial score (nSPS) is 10.5. The Morgan fingerprint density at radius 3 is 2.43 bits per heavy atom. The van der Waals surface area contributed by atoms with E-state index in [0.29, 0.717) is 6.07 Å². The van der Waals surface area contributed by atoms with Crippen molar-refractivity contribution in [2.24, 2.45) is 0 Å². The monoisotopic (exact) mass is 427 g/mol. The first kappa shape index (κ1) is 15.9. The van der Waals surface area contributed by atoms with Crippen LogP contribution in [0.15, 0.2) is 24.3 Å². The summed E-state index contributed by atoms with van der Waals surface area (Å²) in [6.07, 6.45) is 0. The highest BCUT2D eigenvalue weighted by atomic mass is 127. The van der Waals surface area contributed by atoms with E-state index in [0.717, 1.165) is 3.57 Å². The van der Waals surface area contributed by atoms with Crippen LogP contribution in [0.4, 0.5) is 24.5 Å². The summed E-state index contributed by atoms with van der Waals surface area (Å²) >= 11 is 7.93. The lowest BCUT2D eigenvalue weighted by Crippen LogP contribution is -2.09. The summed E-state index contributed by atoms with van der Waals surface area (Å²) in [6, 6.07) is 5.05. The molecule has 2 aromatic rings. The van der Waals surface area contributed by atoms with Gasteiger partial charge in [-0.25, -0.2) is 18.0 Å². The largest absolute Gasteiger partial charge is 0.478 e. The molecule has 0 saturated carbocycles. The summed E-state index contributed by atoms with van der Waals surface area (Å²) in [4.78, 5) is 11.0. The SMILES string of the molecule is O=C(O)c1cc(F)c(F)c(F)c1Nc1ccc(I)cc1Cl. The molecule has 0 aliphatic rings. The van der Waals surface area contributed by atoms with Crippen LogP contribution in [0.3, 0.4) is 0 Å². The van der Waals surface area contributed by atoms with Crippen LogP contribution in [0.2, 0.25) is 5.02 Å². The molecule has 0 heterocycles. The van der Waals surface area contributed by atoms with Crippen LogP contribution in [0.25, 0.3) is 0 Å². The van der Waals surface area contributed by atoms with Crippen molar-refractivity contribution in [2.75, 3.05) is 5.32 Å². The summed E-state index contributed by atoms with van der Waals surface area (Å²) in [7, 11) is 0. The number of carboxylic acid groups (broad SMARTS) is 1. The summed E-state index contributed by atoms with van der Waals surface area (Å²) in [5, 5.41) is 11.5. The minimum absolute atomic E-state index is 0.171. The van der Waals surface area contributed by atoms with Crippen LogP contribution in [0.5, 0.6) is 0 Å². The molecule has 0 bridgehead atoms. The molecule has 2 aromatic carbocycles. The zero-order valence-electron chi connectivity index (χ0n) is 10.1. The average molecular weight is 428 g/mol. The lowest BCUT2D eigenvalue weighted by Gasteiger charge is -2.13. The Bertz CT molecular complexity index is 740. The minimum Gasteiger partial charge on any atom is -0.478 e. The van der Waals surface area contributed by atoms with Gasteiger partial charge >= 0.3 is 5.97 Å². The maximum absolute atomic E-state index is 13.8. The van der Waals surface area contributed by atoms with Crippen LogP contribution in [-0.2, 0) is 0 Å². The highest BCUT2D eigenvalue weighted by Gasteiger charge is 2.23. The molecule has 3 nitrogen and oxygen atoms in total. The maximum atomic E-state index is 13.8. The fourth-order valence-electron chi connectivity index (χ4n) is 1.61. The number of carbonyl (C=O) groups is 1. The molecule has 2 rings (SSSR count). The Balaban J connectivity index is 2.57. The fourth-order valence-corrected chi connectivity index (χ4v) is 2.51. The summed E-state index contributed by atoms with van der Waals surface area (Å²) in [5.41, 5.74) is -1.25. The minimum atomic E-state index is -1.76. The van der Waals surface area contributed by atoms with Gasteiger partial charge in [0.05, 0.1) is 22.0 Å². The van der Waals surface area contributed by atoms with Gasteiger partial charge in [0.15, 0.2) is 17.5 Å². The van der Waals surface area contributed by atoms with E-state index >= 15 is 0 Å². The zero-order valence-corrected chi connectivity index (χ0v) is 13.0. The molecule has 0 atom stereocenters. The van der Waals surface area contributed by atoms with Gasteiger partial charge in [0, 0.05) is 3.57 Å². The number of benzene rings is 2. The van der Waals surface area contributed by atoms with E-state index in [2.05, 4.69) is 5.32 Å². The zero-order chi connectivity index (χ0) is 15.7. The van der Waals surface area contributed by atoms with Crippen LogP contribution in [0.1, 0.15) is 10.4 Å². The molecule has 0 spiro atoms. The van der Waals surface area contributed by atoms with E-state index in [1.54, 1.807) is 12.1 Å². The summed E-state index contributed by atoms with van der Waals surface area (Å²) in [6.45, 7) is 0. The molecule has 110 valence electrons. The molecule has 0 amide bonds. The van der Waals surface area contributed by atoms with Crippen molar-refractivity contribution >= 4 is 51.5 Å². The molecular formula is C13H6ClF3INO2. The lowest BCUT2D eigenvalue weighted by atomic mass is 10.1. The van der Waals surface area contributed by atoms with Crippen LogP contribution >= 0.6 is 34.2 Å². The van der Waals surface area contributed by atoms with Gasteiger partial charge in [0.25, 0.3) is 0 Å². The van der Waals surface area contributed by atoms with Gasteiger partial charge in [-0.3, -0.25) is 0 Å². The standard InChI is InChI=1S/C13H6ClF3INO2/c14-7-3-5(18)1-2-9(7)19-12-6(13(20)21)4-8(15)10(16)11(12)17/h1-4,19H,(H,20,21). The van der Waals surface area contributed by atoms with Gasteiger partial charge in [-0.15, -0.1) is 0 Å². The molecule has 0 radical (unpaired) electrons. The first-order valence-corrected chi connectivity index (χ1v) is 6.89. The molecular weight excluding hydrogens is 421 g/mol. The van der Waals surface area contributed by atoms with Gasteiger partial charge in [-0.05, 0) is 46.9 Å². The Morgan fingerprint density at radius 2 is 1.86 bits per heavy atom. The smallest absolute Gasteiger partial charge is 0.338 e. The third-order valence-corrected chi connectivity index (χ3v) is 3.57. The van der Waals surface area contributed by atoms with E-state index < -0.39 is 34.7 Å². The predicted molar refractivity (Wildman–Crippen MR) is 80.7 cm³/mol. The molecule has 0 aliphatic heterocycles. The predicted octanol–water partition coefficient (Wildman–Crippen LogP) is 4.80. The number of nitrogens with one attached hydrogen (secondary N) is 1. The summed E-state index contributed by atoms with van der Waals surface area (Å²) < 4.78 is 41.0. The van der Waals surface area contributed by atoms with Crippen LogP contribution in [0, 0.1) is 21.0 Å². The Morgan fingerprint density at radius 1 is 1.19 bits per heavy atom.